The first-order valence-corrected chi connectivity index (χ1v) is 9.17. The summed E-state index contributed by atoms with van der Waals surface area (Å²) in [6.45, 7) is 4.62. The Labute approximate surface area is 155 Å². The van der Waals surface area contributed by atoms with E-state index in [0.29, 0.717) is 25.1 Å². The maximum Gasteiger partial charge on any atom is 0.222 e. The molecule has 0 bridgehead atoms. The van der Waals surface area contributed by atoms with Crippen molar-refractivity contribution in [2.45, 2.75) is 24.8 Å². The van der Waals surface area contributed by atoms with Crippen molar-refractivity contribution in [1.29, 1.82) is 5.26 Å². The monoisotopic (exact) mass is 357 g/mol. The third-order valence-corrected chi connectivity index (χ3v) is 5.77. The van der Waals surface area contributed by atoms with Gasteiger partial charge in [0.2, 0.25) is 5.91 Å². The van der Waals surface area contributed by atoms with E-state index in [2.05, 4.69) is 27.9 Å². The van der Waals surface area contributed by atoms with Crippen LogP contribution in [0.1, 0.15) is 24.8 Å². The van der Waals surface area contributed by atoms with E-state index in [9.17, 15) is 4.79 Å². The Kier molecular flexibility index (Phi) is 5.74. The zero-order valence-electron chi connectivity index (χ0n) is 15.6. The predicted molar refractivity (Wildman–Crippen MR) is 98.8 cm³/mol. The lowest BCUT2D eigenvalue weighted by Crippen LogP contribution is -2.61. The lowest BCUT2D eigenvalue weighted by molar-refractivity contribution is -0.131. The average Bonchev–Trinajstić information content (AvgIpc) is 2.82. The van der Waals surface area contributed by atoms with Crippen LogP contribution in [0, 0.1) is 11.3 Å². The topological polar surface area (TPSA) is 72.7 Å². The number of piperazine rings is 1. The second-order valence-electron chi connectivity index (χ2n) is 7.21. The molecule has 7 nitrogen and oxygen atoms in total. The smallest absolute Gasteiger partial charge is 0.222 e. The van der Waals surface area contributed by atoms with Crippen LogP contribution in [0.4, 0.5) is 5.82 Å². The summed E-state index contributed by atoms with van der Waals surface area (Å²) in [7, 11) is 3.82. The molecular weight excluding hydrogens is 330 g/mol. The van der Waals surface area contributed by atoms with E-state index < -0.39 is 0 Å². The molecule has 0 N–H and O–H groups in total. The highest BCUT2D eigenvalue weighted by molar-refractivity contribution is 5.76. The van der Waals surface area contributed by atoms with Crippen LogP contribution in [0.25, 0.3) is 0 Å². The standard InChI is InChI=1S/C19H27N5O2/c1-22-9-10-24(17-13-16(14-20)4-7-21-17)15-19(22)5-3-18(25)23(8-6-19)11-12-26-2/h4,7,13H,3,5-6,8-12,15H2,1-2H3. The van der Waals surface area contributed by atoms with Crippen LogP contribution in [-0.4, -0.2) is 79.7 Å². The van der Waals surface area contributed by atoms with Gasteiger partial charge >= 0.3 is 0 Å². The molecular formula is C19H27N5O2. The summed E-state index contributed by atoms with van der Waals surface area (Å²) in [5, 5.41) is 9.15. The van der Waals surface area contributed by atoms with Crippen LogP contribution in [0.2, 0.25) is 0 Å². The normalized spacial score (nSPS) is 24.6. The highest BCUT2D eigenvalue weighted by Gasteiger charge is 2.42. The number of hydrogen-bond donors (Lipinski definition) is 0. The van der Waals surface area contributed by atoms with Crippen LogP contribution in [-0.2, 0) is 9.53 Å². The van der Waals surface area contributed by atoms with Gasteiger partial charge in [-0.3, -0.25) is 9.69 Å². The van der Waals surface area contributed by atoms with Crippen LogP contribution >= 0.6 is 0 Å². The van der Waals surface area contributed by atoms with Crippen molar-refractivity contribution >= 4 is 11.7 Å². The maximum absolute atomic E-state index is 12.5. The van der Waals surface area contributed by atoms with Crippen LogP contribution in [0.5, 0.6) is 0 Å². The van der Waals surface area contributed by atoms with E-state index >= 15 is 0 Å². The van der Waals surface area contributed by atoms with Gasteiger partial charge in [-0.15, -0.1) is 0 Å². The number of likely N-dealkylation sites (N-methyl/N-ethyl adjacent to an activating group) is 1. The zero-order chi connectivity index (χ0) is 18.6. The van der Waals surface area contributed by atoms with Crippen molar-refractivity contribution in [3.63, 3.8) is 0 Å². The first kappa shape index (κ1) is 18.6. The van der Waals surface area contributed by atoms with Crippen molar-refractivity contribution in [2.24, 2.45) is 0 Å². The number of rotatable bonds is 4. The third-order valence-electron chi connectivity index (χ3n) is 5.77. The van der Waals surface area contributed by atoms with E-state index in [1.807, 2.05) is 11.0 Å². The van der Waals surface area contributed by atoms with Gasteiger partial charge in [0, 0.05) is 58.0 Å². The number of methoxy groups -OCH3 is 1. The van der Waals surface area contributed by atoms with E-state index in [1.165, 1.54) is 0 Å². The Hall–Kier alpha value is -2.17. The van der Waals surface area contributed by atoms with Gasteiger partial charge in [-0.05, 0) is 32.0 Å². The SMILES string of the molecule is COCCN1CCC2(CCC1=O)CN(c1cc(C#N)ccn1)CCN2C. The Bertz CT molecular complexity index is 689. The molecule has 2 aliphatic heterocycles. The van der Waals surface area contributed by atoms with Crippen molar-refractivity contribution < 1.29 is 9.53 Å². The molecule has 1 spiro atoms. The molecule has 26 heavy (non-hydrogen) atoms. The molecule has 0 saturated carbocycles. The number of amides is 1. The summed E-state index contributed by atoms with van der Waals surface area (Å²) in [5.74, 6) is 1.07. The molecule has 1 amide bonds. The quantitative estimate of drug-likeness (QED) is 0.804. The number of carbonyl (C=O) groups excluding carboxylic acids is 1. The van der Waals surface area contributed by atoms with E-state index in [1.54, 1.807) is 19.4 Å². The molecule has 3 heterocycles. The molecule has 1 unspecified atom stereocenters. The van der Waals surface area contributed by atoms with Gasteiger partial charge in [0.1, 0.15) is 5.82 Å². The highest BCUT2D eigenvalue weighted by atomic mass is 16.5. The fourth-order valence-electron chi connectivity index (χ4n) is 3.99. The summed E-state index contributed by atoms with van der Waals surface area (Å²) in [6, 6.07) is 5.77. The minimum absolute atomic E-state index is 0.0416. The van der Waals surface area contributed by atoms with Crippen molar-refractivity contribution in [3.8, 4) is 6.07 Å². The first-order chi connectivity index (χ1) is 12.6. The molecule has 7 heteroatoms. The molecule has 0 aromatic carbocycles. The molecule has 1 aromatic heterocycles. The number of ether oxygens (including phenoxy) is 1. The van der Waals surface area contributed by atoms with Crippen LogP contribution in [0.15, 0.2) is 18.3 Å². The van der Waals surface area contributed by atoms with Gasteiger partial charge in [0.05, 0.1) is 18.2 Å². The Morgan fingerprint density at radius 1 is 1.35 bits per heavy atom. The van der Waals surface area contributed by atoms with Gasteiger partial charge in [0.15, 0.2) is 0 Å². The first-order valence-electron chi connectivity index (χ1n) is 9.17. The fourth-order valence-corrected chi connectivity index (χ4v) is 3.99. The number of anilines is 1. The van der Waals surface area contributed by atoms with Crippen molar-refractivity contribution in [1.82, 2.24) is 14.8 Å². The molecule has 140 valence electrons. The summed E-state index contributed by atoms with van der Waals surface area (Å²) in [6.07, 6.45) is 4.04. The van der Waals surface area contributed by atoms with E-state index in [0.717, 1.165) is 44.8 Å². The molecule has 3 rings (SSSR count). The largest absolute Gasteiger partial charge is 0.383 e. The summed E-state index contributed by atoms with van der Waals surface area (Å²) in [5.41, 5.74) is 0.588. The van der Waals surface area contributed by atoms with Crippen molar-refractivity contribution in [2.75, 3.05) is 58.4 Å². The number of nitriles is 1. The Morgan fingerprint density at radius 3 is 2.96 bits per heavy atom. The second-order valence-corrected chi connectivity index (χ2v) is 7.21. The molecule has 2 saturated heterocycles. The predicted octanol–water partition coefficient (Wildman–Crippen LogP) is 1.10. The van der Waals surface area contributed by atoms with Gasteiger partial charge in [-0.25, -0.2) is 4.98 Å². The molecule has 0 radical (unpaired) electrons. The summed E-state index contributed by atoms with van der Waals surface area (Å²) in [4.78, 5) is 23.5. The lowest BCUT2D eigenvalue weighted by Gasteiger charge is -2.49. The van der Waals surface area contributed by atoms with E-state index in [-0.39, 0.29) is 11.4 Å². The lowest BCUT2D eigenvalue weighted by atomic mass is 9.86. The highest BCUT2D eigenvalue weighted by Crippen LogP contribution is 2.33. The minimum Gasteiger partial charge on any atom is -0.383 e. The number of pyridine rings is 1. The number of hydrogen-bond acceptors (Lipinski definition) is 6. The van der Waals surface area contributed by atoms with Gasteiger partial charge in [-0.1, -0.05) is 0 Å². The summed E-state index contributed by atoms with van der Waals surface area (Å²) < 4.78 is 5.14. The average molecular weight is 357 g/mol. The number of nitrogens with zero attached hydrogens (tertiary/aromatic N) is 5. The fraction of sp³-hybridized carbons (Fsp3) is 0.632. The third kappa shape index (κ3) is 3.81. The summed E-state index contributed by atoms with van der Waals surface area (Å²) >= 11 is 0. The molecule has 2 fully saturated rings. The molecule has 1 aromatic rings. The second kappa shape index (κ2) is 8.02. The Morgan fingerprint density at radius 2 is 2.19 bits per heavy atom. The number of aromatic nitrogens is 1. The van der Waals surface area contributed by atoms with E-state index in [4.69, 9.17) is 10.00 Å². The number of likely N-dealkylation sites (tertiary alicyclic amines) is 1. The zero-order valence-corrected chi connectivity index (χ0v) is 15.6. The number of carbonyl (C=O) groups is 1. The van der Waals surface area contributed by atoms with Crippen LogP contribution in [0.3, 0.4) is 0 Å². The Balaban J connectivity index is 1.77. The minimum atomic E-state index is -0.0416. The maximum atomic E-state index is 12.5. The molecule has 1 atom stereocenters. The molecule has 0 aliphatic carbocycles. The molecule has 2 aliphatic rings. The van der Waals surface area contributed by atoms with Gasteiger partial charge < -0.3 is 14.5 Å². The van der Waals surface area contributed by atoms with Gasteiger partial charge in [-0.2, -0.15) is 5.26 Å². The van der Waals surface area contributed by atoms with Gasteiger partial charge in [0.25, 0.3) is 0 Å². The van der Waals surface area contributed by atoms with Crippen molar-refractivity contribution in [3.05, 3.63) is 23.9 Å². The van der Waals surface area contributed by atoms with Crippen LogP contribution < -0.4 is 4.90 Å².